The Labute approximate surface area is 225 Å². The number of aliphatic hydroxyl groups is 1. The minimum atomic E-state index is -0.552. The van der Waals surface area contributed by atoms with Crippen LogP contribution in [0.1, 0.15) is 22.7 Å². The number of aliphatic hydroxyl groups excluding tert-OH is 1. The van der Waals surface area contributed by atoms with Gasteiger partial charge in [0.05, 0.1) is 36.6 Å². The molecule has 0 amide bonds. The lowest BCUT2D eigenvalue weighted by Crippen LogP contribution is -2.34. The van der Waals surface area contributed by atoms with Crippen molar-refractivity contribution in [1.29, 1.82) is 0 Å². The Morgan fingerprint density at radius 2 is 2.10 bits per heavy atom. The maximum Gasteiger partial charge on any atom is 0.237 e. The molecule has 1 atom stereocenters. The van der Waals surface area contributed by atoms with Crippen molar-refractivity contribution in [2.45, 2.75) is 19.4 Å². The van der Waals surface area contributed by atoms with E-state index in [-0.39, 0.29) is 18.3 Å². The van der Waals surface area contributed by atoms with Gasteiger partial charge in [-0.2, -0.15) is 0 Å². The number of likely N-dealkylation sites (N-methyl/N-ethyl adjacent to an activating group) is 1. The van der Waals surface area contributed by atoms with Crippen molar-refractivity contribution in [1.82, 2.24) is 19.9 Å². The maximum absolute atomic E-state index is 15.5. The Kier molecular flexibility index (Phi) is 6.32. The SMILES string of the molecule is COc1cc2c(cc1Nc1ncc3c(N)c(F)c(-c4cnc5c(c4C)NCCO5)cc3n1)[C@H](CO)N(C)CC2. The number of nitrogen functional groups attached to an aromatic ring is 1. The molecule has 0 bridgehead atoms. The Balaban J connectivity index is 1.42. The largest absolute Gasteiger partial charge is 0.495 e. The zero-order valence-corrected chi connectivity index (χ0v) is 22.0. The van der Waals surface area contributed by atoms with Gasteiger partial charge in [0.25, 0.3) is 0 Å². The summed E-state index contributed by atoms with van der Waals surface area (Å²) in [7, 11) is 3.61. The molecular weight excluding hydrogens is 501 g/mol. The van der Waals surface area contributed by atoms with Gasteiger partial charge in [-0.25, -0.2) is 19.3 Å². The fourth-order valence-electron chi connectivity index (χ4n) is 5.40. The van der Waals surface area contributed by atoms with Crippen molar-refractivity contribution < 1.29 is 19.0 Å². The highest BCUT2D eigenvalue weighted by atomic mass is 19.1. The predicted octanol–water partition coefficient (Wildman–Crippen LogP) is 3.80. The molecule has 0 fully saturated rings. The standard InChI is InChI=1S/C28H30FN7O3/c1-14-18(11-32-27-26(14)31-5-7-39-27)17-10-20-19(25(30)24(17)29)12-33-28(34-20)35-21-9-16-15(8-23(21)38-3)4-6-36(2)22(16)13-37/h8-12,22,31,37H,4-7,13,30H2,1-3H3,(H,33,34,35)/t22-/m0/s1. The number of hydrogen-bond acceptors (Lipinski definition) is 10. The first-order valence-corrected chi connectivity index (χ1v) is 12.8. The van der Waals surface area contributed by atoms with Crippen LogP contribution in [0.5, 0.6) is 11.6 Å². The normalized spacial score (nSPS) is 16.7. The Morgan fingerprint density at radius 3 is 2.90 bits per heavy atom. The number of pyridine rings is 1. The highest BCUT2D eigenvalue weighted by Gasteiger charge is 2.26. The Hall–Kier alpha value is -4.22. The number of nitrogens with one attached hydrogen (secondary N) is 2. The van der Waals surface area contributed by atoms with Gasteiger partial charge in [0.1, 0.15) is 18.0 Å². The highest BCUT2D eigenvalue weighted by molar-refractivity contribution is 5.96. The van der Waals surface area contributed by atoms with Crippen molar-refractivity contribution in [3.63, 3.8) is 0 Å². The summed E-state index contributed by atoms with van der Waals surface area (Å²) < 4.78 is 26.8. The van der Waals surface area contributed by atoms with E-state index in [0.29, 0.717) is 58.4 Å². The second-order valence-corrected chi connectivity index (χ2v) is 9.84. The van der Waals surface area contributed by atoms with E-state index in [1.54, 1.807) is 19.4 Å². The predicted molar refractivity (Wildman–Crippen MR) is 148 cm³/mol. The third-order valence-corrected chi connectivity index (χ3v) is 7.60. The van der Waals surface area contributed by atoms with Crippen LogP contribution in [0.4, 0.5) is 27.4 Å². The van der Waals surface area contributed by atoms with Gasteiger partial charge in [0, 0.05) is 42.0 Å². The zero-order valence-electron chi connectivity index (χ0n) is 22.0. The number of benzene rings is 2. The fraction of sp³-hybridized carbons (Fsp3) is 0.321. The highest BCUT2D eigenvalue weighted by Crippen LogP contribution is 2.40. The van der Waals surface area contributed by atoms with Crippen LogP contribution in [-0.2, 0) is 6.42 Å². The monoisotopic (exact) mass is 531 g/mol. The molecule has 0 aliphatic carbocycles. The smallest absolute Gasteiger partial charge is 0.237 e. The number of fused-ring (bicyclic) bond motifs is 3. The molecule has 4 heterocycles. The average molecular weight is 532 g/mol. The molecule has 10 nitrogen and oxygen atoms in total. The summed E-state index contributed by atoms with van der Waals surface area (Å²) in [5.74, 6) is 0.893. The van der Waals surface area contributed by atoms with Crippen molar-refractivity contribution in [2.75, 3.05) is 56.8 Å². The number of hydrogen-bond donors (Lipinski definition) is 4. The lowest BCUT2D eigenvalue weighted by atomic mass is 9.92. The van der Waals surface area contributed by atoms with Crippen molar-refractivity contribution in [3.05, 3.63) is 53.1 Å². The number of nitrogens with zero attached hydrogens (tertiary/aromatic N) is 4. The molecule has 6 rings (SSSR count). The number of halogens is 1. The Morgan fingerprint density at radius 1 is 1.26 bits per heavy atom. The number of methoxy groups -OCH3 is 1. The molecule has 5 N–H and O–H groups in total. The van der Waals surface area contributed by atoms with Crippen LogP contribution in [0.15, 0.2) is 30.6 Å². The summed E-state index contributed by atoms with van der Waals surface area (Å²) in [6, 6.07) is 5.51. The summed E-state index contributed by atoms with van der Waals surface area (Å²) in [6.07, 6.45) is 3.96. The van der Waals surface area contributed by atoms with Crippen LogP contribution in [-0.4, -0.2) is 65.4 Å². The third kappa shape index (κ3) is 4.23. The number of rotatable bonds is 5. The first-order valence-electron chi connectivity index (χ1n) is 12.8. The van der Waals surface area contributed by atoms with Crippen LogP contribution in [0.3, 0.4) is 0 Å². The molecule has 2 aliphatic rings. The second kappa shape index (κ2) is 9.83. The maximum atomic E-state index is 15.5. The summed E-state index contributed by atoms with van der Waals surface area (Å²) in [5, 5.41) is 17.0. The van der Waals surface area contributed by atoms with E-state index < -0.39 is 5.82 Å². The van der Waals surface area contributed by atoms with Gasteiger partial charge in [-0.3, -0.25) is 4.90 Å². The quantitative estimate of drug-likeness (QED) is 0.282. The number of anilines is 4. The van der Waals surface area contributed by atoms with Crippen molar-refractivity contribution in [2.24, 2.45) is 0 Å². The first kappa shape index (κ1) is 25.1. The first-order chi connectivity index (χ1) is 18.9. The molecular formula is C28H30FN7O3. The summed E-state index contributed by atoms with van der Waals surface area (Å²) in [5.41, 5.74) is 12.0. The van der Waals surface area contributed by atoms with Gasteiger partial charge < -0.3 is 30.9 Å². The minimum Gasteiger partial charge on any atom is -0.495 e. The van der Waals surface area contributed by atoms with Gasteiger partial charge >= 0.3 is 0 Å². The van der Waals surface area contributed by atoms with Crippen LogP contribution in [0, 0.1) is 12.7 Å². The van der Waals surface area contributed by atoms with E-state index in [1.165, 1.54) is 6.20 Å². The van der Waals surface area contributed by atoms with E-state index in [0.717, 1.165) is 35.3 Å². The second-order valence-electron chi connectivity index (χ2n) is 9.84. The zero-order chi connectivity index (χ0) is 27.3. The Bertz CT molecular complexity index is 1600. The summed E-state index contributed by atoms with van der Waals surface area (Å²) >= 11 is 0. The van der Waals surface area contributed by atoms with Crippen LogP contribution in [0.2, 0.25) is 0 Å². The van der Waals surface area contributed by atoms with Gasteiger partial charge in [-0.15, -0.1) is 0 Å². The molecule has 0 saturated heterocycles. The number of aromatic nitrogens is 3. The molecule has 0 radical (unpaired) electrons. The van der Waals surface area contributed by atoms with E-state index in [9.17, 15) is 5.11 Å². The van der Waals surface area contributed by atoms with E-state index in [2.05, 4.69) is 30.5 Å². The van der Waals surface area contributed by atoms with E-state index >= 15 is 4.39 Å². The van der Waals surface area contributed by atoms with E-state index in [4.69, 9.17) is 15.2 Å². The molecule has 11 heteroatoms. The van der Waals surface area contributed by atoms with Crippen molar-refractivity contribution in [3.8, 4) is 22.8 Å². The molecule has 2 aromatic heterocycles. The molecule has 0 saturated carbocycles. The molecule has 202 valence electrons. The summed E-state index contributed by atoms with van der Waals surface area (Å²) in [4.78, 5) is 15.6. The lowest BCUT2D eigenvalue weighted by molar-refractivity contribution is 0.139. The van der Waals surface area contributed by atoms with Crippen LogP contribution < -0.4 is 25.8 Å². The molecule has 0 spiro atoms. The number of ether oxygens (including phenoxy) is 2. The molecule has 2 aromatic carbocycles. The average Bonchev–Trinajstić information content (AvgIpc) is 2.95. The summed E-state index contributed by atoms with van der Waals surface area (Å²) in [6.45, 7) is 3.92. The van der Waals surface area contributed by atoms with Gasteiger partial charge in [-0.1, -0.05) is 0 Å². The van der Waals surface area contributed by atoms with E-state index in [1.807, 2.05) is 26.1 Å². The van der Waals surface area contributed by atoms with Crippen molar-refractivity contribution >= 4 is 33.9 Å². The molecule has 4 aromatic rings. The van der Waals surface area contributed by atoms with Gasteiger partial charge in [0.2, 0.25) is 11.8 Å². The fourth-order valence-corrected chi connectivity index (χ4v) is 5.40. The third-order valence-electron chi connectivity index (χ3n) is 7.60. The molecule has 0 unspecified atom stereocenters. The van der Waals surface area contributed by atoms with Gasteiger partial charge in [-0.05, 0) is 55.3 Å². The van der Waals surface area contributed by atoms with Gasteiger partial charge in [0.15, 0.2) is 5.82 Å². The topological polar surface area (TPSA) is 131 Å². The lowest BCUT2D eigenvalue weighted by Gasteiger charge is -2.34. The molecule has 39 heavy (non-hydrogen) atoms. The molecule has 2 aliphatic heterocycles. The van der Waals surface area contributed by atoms with Crippen LogP contribution in [0.25, 0.3) is 22.0 Å². The minimum absolute atomic E-state index is 0.00791. The van der Waals surface area contributed by atoms with Crippen LogP contribution >= 0.6 is 0 Å². The number of nitrogens with two attached hydrogens (primary N) is 1.